The van der Waals surface area contributed by atoms with Crippen LogP contribution in [0, 0.1) is 0 Å². The van der Waals surface area contributed by atoms with E-state index in [9.17, 15) is 4.79 Å². The largest absolute Gasteiger partial charge is 0.493 e. The average Bonchev–Trinajstić information content (AvgIpc) is 3.07. The molecule has 1 aromatic carbocycles. The Morgan fingerprint density at radius 2 is 1.68 bits per heavy atom. The molecule has 22 heavy (non-hydrogen) atoms. The minimum Gasteiger partial charge on any atom is -0.493 e. The third-order valence-corrected chi connectivity index (χ3v) is 3.83. The molecule has 0 aromatic heterocycles. The van der Waals surface area contributed by atoms with Crippen LogP contribution >= 0.6 is 0 Å². The quantitative estimate of drug-likeness (QED) is 0.458. The number of rotatable bonds is 11. The van der Waals surface area contributed by atoms with E-state index in [4.69, 9.17) is 14.2 Å². The number of para-hydroxylation sites is 1. The number of hydrogen-bond acceptors (Lipinski definition) is 4. The van der Waals surface area contributed by atoms with Crippen molar-refractivity contribution in [2.45, 2.75) is 51.2 Å². The molecule has 1 saturated heterocycles. The average molecular weight is 306 g/mol. The van der Waals surface area contributed by atoms with Gasteiger partial charge in [-0.15, -0.1) is 0 Å². The molecule has 4 nitrogen and oxygen atoms in total. The predicted octanol–water partition coefficient (Wildman–Crippen LogP) is 3.98. The van der Waals surface area contributed by atoms with Crippen LogP contribution in [-0.4, -0.2) is 32.4 Å². The molecule has 2 rings (SSSR count). The van der Waals surface area contributed by atoms with Crippen molar-refractivity contribution in [2.75, 3.05) is 19.8 Å². The third kappa shape index (κ3) is 6.16. The molecule has 1 fully saturated rings. The van der Waals surface area contributed by atoms with E-state index < -0.39 is 0 Å². The number of ether oxygens (including phenoxy) is 3. The van der Waals surface area contributed by atoms with Gasteiger partial charge in [0, 0.05) is 0 Å². The normalized spacial score (nSPS) is 15.1. The van der Waals surface area contributed by atoms with Crippen molar-refractivity contribution >= 4 is 6.29 Å². The minimum absolute atomic E-state index is 0.0475. The monoisotopic (exact) mass is 306 g/mol. The van der Waals surface area contributed by atoms with Crippen LogP contribution < -0.4 is 4.74 Å². The first-order valence-electron chi connectivity index (χ1n) is 8.30. The van der Waals surface area contributed by atoms with Crippen molar-refractivity contribution in [3.63, 3.8) is 0 Å². The highest BCUT2D eigenvalue weighted by atomic mass is 16.7. The summed E-state index contributed by atoms with van der Waals surface area (Å²) >= 11 is 0. The van der Waals surface area contributed by atoms with Crippen LogP contribution in [0.25, 0.3) is 0 Å². The van der Waals surface area contributed by atoms with Crippen molar-refractivity contribution in [3.05, 3.63) is 29.8 Å². The van der Waals surface area contributed by atoms with Gasteiger partial charge >= 0.3 is 0 Å². The number of aldehydes is 1. The van der Waals surface area contributed by atoms with Crippen molar-refractivity contribution in [1.82, 2.24) is 0 Å². The molecule has 0 aliphatic carbocycles. The molecule has 122 valence electrons. The summed E-state index contributed by atoms with van der Waals surface area (Å²) in [7, 11) is 0. The van der Waals surface area contributed by atoms with E-state index in [2.05, 4.69) is 0 Å². The first kappa shape index (κ1) is 17.0. The summed E-state index contributed by atoms with van der Waals surface area (Å²) in [5.74, 6) is 0.689. The van der Waals surface area contributed by atoms with Gasteiger partial charge in [-0.1, -0.05) is 37.8 Å². The van der Waals surface area contributed by atoms with Gasteiger partial charge in [-0.3, -0.25) is 4.79 Å². The number of carbonyl (C=O) groups is 1. The highest BCUT2D eigenvalue weighted by molar-refractivity contribution is 5.79. The SMILES string of the molecule is O=Cc1ccccc1OCCCCCCCCC1OCCO1. The smallest absolute Gasteiger partial charge is 0.157 e. The Hall–Kier alpha value is -1.39. The van der Waals surface area contributed by atoms with E-state index >= 15 is 0 Å². The predicted molar refractivity (Wildman–Crippen MR) is 85.3 cm³/mol. The van der Waals surface area contributed by atoms with Gasteiger partial charge in [0.05, 0.1) is 25.4 Å². The standard InChI is InChI=1S/C18H26O4/c19-15-16-9-6-7-10-17(16)20-12-8-4-2-1-3-5-11-18-21-13-14-22-18/h6-7,9-10,15,18H,1-5,8,11-14H2. The van der Waals surface area contributed by atoms with Crippen molar-refractivity contribution < 1.29 is 19.0 Å². The highest BCUT2D eigenvalue weighted by Gasteiger charge is 2.14. The number of carbonyl (C=O) groups excluding carboxylic acids is 1. The van der Waals surface area contributed by atoms with E-state index in [1.807, 2.05) is 18.2 Å². The molecule has 0 unspecified atom stereocenters. The summed E-state index contributed by atoms with van der Waals surface area (Å²) in [5, 5.41) is 0. The molecule has 0 atom stereocenters. The molecule has 0 radical (unpaired) electrons. The van der Waals surface area contributed by atoms with E-state index in [-0.39, 0.29) is 6.29 Å². The third-order valence-electron chi connectivity index (χ3n) is 3.83. The zero-order valence-corrected chi connectivity index (χ0v) is 13.2. The molecule has 1 heterocycles. The summed E-state index contributed by atoms with van der Waals surface area (Å²) in [4.78, 5) is 10.9. The van der Waals surface area contributed by atoms with Gasteiger partial charge in [-0.2, -0.15) is 0 Å². The molecule has 1 aromatic rings. The van der Waals surface area contributed by atoms with Crippen LogP contribution in [0.5, 0.6) is 5.75 Å². The van der Waals surface area contributed by atoms with Gasteiger partial charge in [0.15, 0.2) is 12.6 Å². The Balaban J connectivity index is 1.43. The first-order chi connectivity index (χ1) is 10.9. The van der Waals surface area contributed by atoms with E-state index in [1.54, 1.807) is 6.07 Å². The molecule has 4 heteroatoms. The van der Waals surface area contributed by atoms with Crippen molar-refractivity contribution in [3.8, 4) is 5.75 Å². The topological polar surface area (TPSA) is 44.8 Å². The molecule has 0 saturated carbocycles. The summed E-state index contributed by atoms with van der Waals surface area (Å²) in [6.45, 7) is 2.17. The van der Waals surface area contributed by atoms with E-state index in [0.29, 0.717) is 17.9 Å². The minimum atomic E-state index is 0.0475. The number of unbranched alkanes of at least 4 members (excludes halogenated alkanes) is 5. The molecular formula is C18H26O4. The first-order valence-corrected chi connectivity index (χ1v) is 8.30. The lowest BCUT2D eigenvalue weighted by atomic mass is 10.1. The second-order valence-electron chi connectivity index (χ2n) is 5.59. The van der Waals surface area contributed by atoms with Crippen LogP contribution in [0.3, 0.4) is 0 Å². The maximum atomic E-state index is 10.9. The summed E-state index contributed by atoms with van der Waals surface area (Å²) in [5.41, 5.74) is 0.624. The summed E-state index contributed by atoms with van der Waals surface area (Å²) in [6.07, 6.45) is 8.99. The molecule has 0 bridgehead atoms. The molecule has 0 N–H and O–H groups in total. The summed E-state index contributed by atoms with van der Waals surface area (Å²) in [6, 6.07) is 7.36. The Morgan fingerprint density at radius 1 is 1.00 bits per heavy atom. The Kier molecular flexibility index (Phi) is 7.99. The number of hydrogen-bond donors (Lipinski definition) is 0. The van der Waals surface area contributed by atoms with Crippen LogP contribution in [-0.2, 0) is 9.47 Å². The fourth-order valence-corrected chi connectivity index (χ4v) is 2.59. The second kappa shape index (κ2) is 10.4. The maximum absolute atomic E-state index is 10.9. The van der Waals surface area contributed by atoms with Gasteiger partial charge in [-0.25, -0.2) is 0 Å². The Labute approximate surface area is 132 Å². The molecule has 0 amide bonds. The zero-order valence-electron chi connectivity index (χ0n) is 13.2. The van der Waals surface area contributed by atoms with Gasteiger partial charge in [0.25, 0.3) is 0 Å². The Morgan fingerprint density at radius 3 is 2.45 bits per heavy atom. The van der Waals surface area contributed by atoms with Crippen molar-refractivity contribution in [1.29, 1.82) is 0 Å². The second-order valence-corrected chi connectivity index (χ2v) is 5.59. The zero-order chi connectivity index (χ0) is 15.5. The van der Waals surface area contributed by atoms with Crippen molar-refractivity contribution in [2.24, 2.45) is 0 Å². The van der Waals surface area contributed by atoms with Crippen LogP contribution in [0.4, 0.5) is 0 Å². The lowest BCUT2D eigenvalue weighted by Gasteiger charge is -2.09. The van der Waals surface area contributed by atoms with Crippen LogP contribution in [0.1, 0.15) is 55.3 Å². The summed E-state index contributed by atoms with van der Waals surface area (Å²) < 4.78 is 16.5. The van der Waals surface area contributed by atoms with Gasteiger partial charge in [0.2, 0.25) is 0 Å². The molecule has 1 aliphatic rings. The lowest BCUT2D eigenvalue weighted by Crippen LogP contribution is -2.06. The fourth-order valence-electron chi connectivity index (χ4n) is 2.59. The molecule has 1 aliphatic heterocycles. The van der Waals surface area contributed by atoms with Gasteiger partial charge in [-0.05, 0) is 31.4 Å². The molecule has 0 spiro atoms. The fraction of sp³-hybridized carbons (Fsp3) is 0.611. The van der Waals surface area contributed by atoms with Crippen LogP contribution in [0.2, 0.25) is 0 Å². The van der Waals surface area contributed by atoms with E-state index in [0.717, 1.165) is 32.3 Å². The Bertz CT molecular complexity index is 427. The van der Waals surface area contributed by atoms with E-state index in [1.165, 1.54) is 32.1 Å². The maximum Gasteiger partial charge on any atom is 0.157 e. The highest BCUT2D eigenvalue weighted by Crippen LogP contribution is 2.17. The molecular weight excluding hydrogens is 280 g/mol. The van der Waals surface area contributed by atoms with Gasteiger partial charge < -0.3 is 14.2 Å². The van der Waals surface area contributed by atoms with Crippen LogP contribution in [0.15, 0.2) is 24.3 Å². The van der Waals surface area contributed by atoms with Gasteiger partial charge in [0.1, 0.15) is 5.75 Å². The lowest BCUT2D eigenvalue weighted by molar-refractivity contribution is -0.0480. The number of benzene rings is 1.